The minimum Gasteiger partial charge on any atom is -0.332 e. The lowest BCUT2D eigenvalue weighted by Gasteiger charge is -2.32. The van der Waals surface area contributed by atoms with E-state index in [0.29, 0.717) is 5.02 Å². The van der Waals surface area contributed by atoms with Gasteiger partial charge in [0, 0.05) is 22.5 Å². The van der Waals surface area contributed by atoms with Gasteiger partial charge in [-0.2, -0.15) is 0 Å². The van der Waals surface area contributed by atoms with Crippen LogP contribution in [0.1, 0.15) is 29.0 Å². The maximum absolute atomic E-state index is 12.4. The van der Waals surface area contributed by atoms with Gasteiger partial charge in [0.25, 0.3) is 0 Å². The van der Waals surface area contributed by atoms with Crippen molar-refractivity contribution in [3.8, 4) is 0 Å². The Morgan fingerprint density at radius 3 is 2.86 bits per heavy atom. The minimum atomic E-state index is 0.0642. The second-order valence-corrected chi connectivity index (χ2v) is 6.58. The zero-order valence-electron chi connectivity index (χ0n) is 11.8. The molecular formula is C17H16ClNOS. The summed E-state index contributed by atoms with van der Waals surface area (Å²) in [5.41, 5.74) is 2.27. The molecule has 0 saturated carbocycles. The molecule has 0 fully saturated rings. The van der Waals surface area contributed by atoms with Gasteiger partial charge in [0.05, 0.1) is 6.04 Å². The molecule has 0 aliphatic carbocycles. The predicted molar refractivity (Wildman–Crippen MR) is 88.6 cm³/mol. The van der Waals surface area contributed by atoms with Gasteiger partial charge in [-0.1, -0.05) is 23.7 Å². The zero-order valence-corrected chi connectivity index (χ0v) is 13.3. The molecule has 0 radical (unpaired) electrons. The molecule has 1 atom stereocenters. The highest BCUT2D eigenvalue weighted by Crippen LogP contribution is 2.32. The molecule has 3 rings (SSSR count). The molecule has 108 valence electrons. The summed E-state index contributed by atoms with van der Waals surface area (Å²) in [6.45, 7) is 2.89. The van der Waals surface area contributed by atoms with Crippen molar-refractivity contribution in [2.45, 2.75) is 19.4 Å². The summed E-state index contributed by atoms with van der Waals surface area (Å²) in [4.78, 5) is 15.7. The van der Waals surface area contributed by atoms with Crippen molar-refractivity contribution in [1.82, 2.24) is 4.90 Å². The predicted octanol–water partition coefficient (Wildman–Crippen LogP) is 4.56. The number of fused-ring (bicyclic) bond motifs is 1. The smallest absolute Gasteiger partial charge is 0.247 e. The SMILES string of the molecule is CC1c2ccsc2CCN1C(=O)/C=C/c1ccc(Cl)cc1. The van der Waals surface area contributed by atoms with E-state index < -0.39 is 0 Å². The van der Waals surface area contributed by atoms with E-state index in [2.05, 4.69) is 18.4 Å². The number of nitrogens with zero attached hydrogens (tertiary/aromatic N) is 1. The van der Waals surface area contributed by atoms with E-state index in [-0.39, 0.29) is 11.9 Å². The fourth-order valence-corrected chi connectivity index (χ4v) is 3.74. The van der Waals surface area contributed by atoms with Crippen LogP contribution in [0.15, 0.2) is 41.8 Å². The van der Waals surface area contributed by atoms with Gasteiger partial charge in [-0.3, -0.25) is 4.79 Å². The largest absolute Gasteiger partial charge is 0.332 e. The first-order valence-electron chi connectivity index (χ1n) is 6.95. The highest BCUT2D eigenvalue weighted by atomic mass is 35.5. The first kappa shape index (κ1) is 14.4. The molecule has 2 aromatic rings. The van der Waals surface area contributed by atoms with E-state index >= 15 is 0 Å². The molecule has 1 aromatic heterocycles. The fourth-order valence-electron chi connectivity index (χ4n) is 2.65. The van der Waals surface area contributed by atoms with Gasteiger partial charge in [-0.25, -0.2) is 0 Å². The van der Waals surface area contributed by atoms with Crippen LogP contribution in [0, 0.1) is 0 Å². The molecule has 0 saturated heterocycles. The number of carbonyl (C=O) groups is 1. The third kappa shape index (κ3) is 3.04. The topological polar surface area (TPSA) is 20.3 Å². The lowest BCUT2D eigenvalue weighted by molar-refractivity contribution is -0.128. The van der Waals surface area contributed by atoms with Crippen molar-refractivity contribution in [3.63, 3.8) is 0 Å². The Morgan fingerprint density at radius 2 is 2.10 bits per heavy atom. The Balaban J connectivity index is 1.73. The lowest BCUT2D eigenvalue weighted by Crippen LogP contribution is -2.37. The summed E-state index contributed by atoms with van der Waals surface area (Å²) in [6.07, 6.45) is 4.45. The number of amides is 1. The van der Waals surface area contributed by atoms with Gasteiger partial charge >= 0.3 is 0 Å². The van der Waals surface area contributed by atoms with E-state index in [1.807, 2.05) is 35.2 Å². The molecule has 1 aliphatic heterocycles. The van der Waals surface area contributed by atoms with E-state index in [1.54, 1.807) is 17.4 Å². The van der Waals surface area contributed by atoms with E-state index in [4.69, 9.17) is 11.6 Å². The van der Waals surface area contributed by atoms with Crippen LogP contribution in [-0.2, 0) is 11.2 Å². The summed E-state index contributed by atoms with van der Waals surface area (Å²) in [6, 6.07) is 9.75. The van der Waals surface area contributed by atoms with Gasteiger partial charge in [0.2, 0.25) is 5.91 Å². The molecule has 2 nitrogen and oxygen atoms in total. The van der Waals surface area contributed by atoms with Crippen LogP contribution in [0.4, 0.5) is 0 Å². The molecule has 1 unspecified atom stereocenters. The Labute approximate surface area is 133 Å². The summed E-state index contributed by atoms with van der Waals surface area (Å²) in [7, 11) is 0. The van der Waals surface area contributed by atoms with Crippen molar-refractivity contribution in [1.29, 1.82) is 0 Å². The van der Waals surface area contributed by atoms with Crippen LogP contribution in [0.25, 0.3) is 6.08 Å². The molecule has 0 bridgehead atoms. The van der Waals surface area contributed by atoms with Crippen molar-refractivity contribution < 1.29 is 4.79 Å². The van der Waals surface area contributed by atoms with Crippen LogP contribution >= 0.6 is 22.9 Å². The van der Waals surface area contributed by atoms with Crippen molar-refractivity contribution in [2.75, 3.05) is 6.54 Å². The van der Waals surface area contributed by atoms with Gasteiger partial charge in [0.15, 0.2) is 0 Å². The van der Waals surface area contributed by atoms with Gasteiger partial charge in [-0.15, -0.1) is 11.3 Å². The summed E-state index contributed by atoms with van der Waals surface area (Å²) >= 11 is 7.64. The fraction of sp³-hybridized carbons (Fsp3) is 0.235. The van der Waals surface area contributed by atoms with Crippen molar-refractivity contribution >= 4 is 34.9 Å². The summed E-state index contributed by atoms with van der Waals surface area (Å²) < 4.78 is 0. The van der Waals surface area contributed by atoms with Crippen molar-refractivity contribution in [2.24, 2.45) is 0 Å². The van der Waals surface area contributed by atoms with Crippen LogP contribution < -0.4 is 0 Å². The van der Waals surface area contributed by atoms with Gasteiger partial charge in [-0.05, 0) is 54.1 Å². The number of rotatable bonds is 2. The maximum Gasteiger partial charge on any atom is 0.247 e. The number of hydrogen-bond donors (Lipinski definition) is 0. The number of carbonyl (C=O) groups excluding carboxylic acids is 1. The molecule has 21 heavy (non-hydrogen) atoms. The normalized spacial score (nSPS) is 18.0. The molecule has 1 amide bonds. The van der Waals surface area contributed by atoms with E-state index in [1.165, 1.54) is 10.4 Å². The van der Waals surface area contributed by atoms with Crippen LogP contribution in [-0.4, -0.2) is 17.4 Å². The Kier molecular flexibility index (Phi) is 4.13. The Hall–Kier alpha value is -1.58. The second kappa shape index (κ2) is 6.04. The summed E-state index contributed by atoms with van der Waals surface area (Å²) in [5, 5.41) is 2.81. The molecular weight excluding hydrogens is 302 g/mol. The highest BCUT2D eigenvalue weighted by molar-refractivity contribution is 7.10. The average Bonchev–Trinajstić information content (AvgIpc) is 2.96. The third-order valence-corrected chi connectivity index (χ3v) is 5.10. The van der Waals surface area contributed by atoms with Crippen LogP contribution in [0.3, 0.4) is 0 Å². The van der Waals surface area contributed by atoms with Crippen LogP contribution in [0.5, 0.6) is 0 Å². The maximum atomic E-state index is 12.4. The molecule has 1 aliphatic rings. The molecule has 0 spiro atoms. The molecule has 4 heteroatoms. The van der Waals surface area contributed by atoms with Crippen LogP contribution in [0.2, 0.25) is 5.02 Å². The number of benzene rings is 1. The molecule has 1 aromatic carbocycles. The summed E-state index contributed by atoms with van der Waals surface area (Å²) in [5.74, 6) is 0.0642. The van der Waals surface area contributed by atoms with E-state index in [9.17, 15) is 4.79 Å². The van der Waals surface area contributed by atoms with Gasteiger partial charge in [0.1, 0.15) is 0 Å². The van der Waals surface area contributed by atoms with Gasteiger partial charge < -0.3 is 4.90 Å². The van der Waals surface area contributed by atoms with E-state index in [0.717, 1.165) is 18.5 Å². The number of thiophene rings is 1. The zero-order chi connectivity index (χ0) is 14.8. The second-order valence-electron chi connectivity index (χ2n) is 5.14. The third-order valence-electron chi connectivity index (χ3n) is 3.85. The van der Waals surface area contributed by atoms with Crippen molar-refractivity contribution in [3.05, 3.63) is 62.8 Å². The molecule has 2 heterocycles. The standard InChI is InChI=1S/C17H16ClNOS/c1-12-15-9-11-21-16(15)8-10-19(12)17(20)7-4-13-2-5-14(18)6-3-13/h2-7,9,11-12H,8,10H2,1H3/b7-4+. The average molecular weight is 318 g/mol. The minimum absolute atomic E-state index is 0.0642. The first-order chi connectivity index (χ1) is 10.1. The Bertz CT molecular complexity index is 674. The molecule has 0 N–H and O–H groups in total. The first-order valence-corrected chi connectivity index (χ1v) is 8.21. The monoisotopic (exact) mass is 317 g/mol. The lowest BCUT2D eigenvalue weighted by atomic mass is 10.0. The Morgan fingerprint density at radius 1 is 1.33 bits per heavy atom. The highest BCUT2D eigenvalue weighted by Gasteiger charge is 2.26. The number of halogens is 1. The number of hydrogen-bond acceptors (Lipinski definition) is 2. The quantitative estimate of drug-likeness (QED) is 0.743.